The summed E-state index contributed by atoms with van der Waals surface area (Å²) in [5.74, 6) is 0.198. The number of carbonyl (C=O) groups excluding carboxylic acids is 1. The van der Waals surface area contributed by atoms with Gasteiger partial charge >= 0.3 is 0 Å². The van der Waals surface area contributed by atoms with Crippen LogP contribution in [0.25, 0.3) is 0 Å². The molecule has 1 rings (SSSR count). The molecule has 0 aromatic carbocycles. The van der Waals surface area contributed by atoms with Crippen molar-refractivity contribution in [3.63, 3.8) is 0 Å². The molecule has 2 N–H and O–H groups in total. The van der Waals surface area contributed by atoms with Gasteiger partial charge in [0, 0.05) is 32.6 Å². The van der Waals surface area contributed by atoms with Crippen LogP contribution in [0.4, 0.5) is 0 Å². The second kappa shape index (κ2) is 21.6. The van der Waals surface area contributed by atoms with Crippen molar-refractivity contribution in [3.05, 3.63) is 0 Å². The summed E-state index contributed by atoms with van der Waals surface area (Å²) in [6, 6.07) is 0. The molecule has 0 spiro atoms. The van der Waals surface area contributed by atoms with Gasteiger partial charge in [0.05, 0.1) is 0 Å². The summed E-state index contributed by atoms with van der Waals surface area (Å²) < 4.78 is 0. The number of piperazine rings is 1. The van der Waals surface area contributed by atoms with E-state index in [1.165, 1.54) is 116 Å². The Morgan fingerprint density at radius 3 is 1.40 bits per heavy atom. The van der Waals surface area contributed by atoms with Crippen LogP contribution in [-0.4, -0.2) is 37.1 Å². The monoisotopic (exact) mass is 423 g/mol. The van der Waals surface area contributed by atoms with Crippen LogP contribution in [0.15, 0.2) is 0 Å². The first kappa shape index (κ1) is 27.4. The summed E-state index contributed by atoms with van der Waals surface area (Å²) in [4.78, 5) is 11.9. The minimum absolute atomic E-state index is 0.198. The molecule has 0 radical (unpaired) electrons. The van der Waals surface area contributed by atoms with Crippen LogP contribution in [0.1, 0.15) is 135 Å². The molecule has 0 saturated carbocycles. The normalized spacial score (nSPS) is 14.8. The molecular formula is C26H53N3O. The summed E-state index contributed by atoms with van der Waals surface area (Å²) in [6.45, 7) is 6.08. The van der Waals surface area contributed by atoms with E-state index in [9.17, 15) is 4.79 Å². The molecule has 0 bridgehead atoms. The molecule has 1 amide bonds. The van der Waals surface area contributed by atoms with Gasteiger partial charge in [-0.3, -0.25) is 10.2 Å². The predicted molar refractivity (Wildman–Crippen MR) is 131 cm³/mol. The van der Waals surface area contributed by atoms with E-state index in [4.69, 9.17) is 0 Å². The summed E-state index contributed by atoms with van der Waals surface area (Å²) in [5.41, 5.74) is 3.03. The van der Waals surface area contributed by atoms with Gasteiger partial charge < -0.3 is 5.32 Å². The van der Waals surface area contributed by atoms with Crippen LogP contribution in [0, 0.1) is 0 Å². The van der Waals surface area contributed by atoms with Crippen molar-refractivity contribution < 1.29 is 4.79 Å². The maximum absolute atomic E-state index is 11.9. The average molecular weight is 424 g/mol. The van der Waals surface area contributed by atoms with Crippen molar-refractivity contribution >= 4 is 5.91 Å². The first-order chi connectivity index (χ1) is 14.8. The minimum Gasteiger partial charge on any atom is -0.314 e. The van der Waals surface area contributed by atoms with Gasteiger partial charge in [0.25, 0.3) is 0 Å². The Hall–Kier alpha value is -0.610. The molecule has 4 heteroatoms. The molecule has 0 aromatic rings. The number of hydrazine groups is 1. The molecular weight excluding hydrogens is 370 g/mol. The molecule has 4 nitrogen and oxygen atoms in total. The lowest BCUT2D eigenvalue weighted by molar-refractivity contribution is -0.126. The molecule has 178 valence electrons. The predicted octanol–water partition coefficient (Wildman–Crippen LogP) is 6.74. The standard InChI is InChI=1S/C26H53N3O/c1-2-3-4-5-6-7-8-9-10-11-12-13-14-15-16-17-18-19-20-21-26(30)28-29-24-22-27-23-25-29/h27H,2-25H2,1H3,(H,28,30). The van der Waals surface area contributed by atoms with Crippen LogP contribution in [0.5, 0.6) is 0 Å². The highest BCUT2D eigenvalue weighted by Gasteiger charge is 2.11. The summed E-state index contributed by atoms with van der Waals surface area (Å²) in [7, 11) is 0. The number of unbranched alkanes of at least 4 members (excludes halogenated alkanes) is 18. The second-order valence-electron chi connectivity index (χ2n) is 9.39. The number of amides is 1. The fourth-order valence-electron chi connectivity index (χ4n) is 4.37. The van der Waals surface area contributed by atoms with Crippen LogP contribution in [-0.2, 0) is 4.79 Å². The van der Waals surface area contributed by atoms with Crippen molar-refractivity contribution in [1.82, 2.24) is 15.8 Å². The molecule has 30 heavy (non-hydrogen) atoms. The van der Waals surface area contributed by atoms with Gasteiger partial charge in [-0.1, -0.05) is 122 Å². The minimum atomic E-state index is 0.198. The van der Waals surface area contributed by atoms with E-state index in [2.05, 4.69) is 22.7 Å². The van der Waals surface area contributed by atoms with Crippen molar-refractivity contribution in [2.45, 2.75) is 135 Å². The lowest BCUT2D eigenvalue weighted by atomic mass is 10.0. The summed E-state index contributed by atoms with van der Waals surface area (Å²) in [6.07, 6.45) is 27.1. The third kappa shape index (κ3) is 18.2. The highest BCUT2D eigenvalue weighted by Crippen LogP contribution is 2.14. The molecule has 1 fully saturated rings. The zero-order valence-corrected chi connectivity index (χ0v) is 20.3. The smallest absolute Gasteiger partial charge is 0.234 e. The quantitative estimate of drug-likeness (QED) is 0.201. The molecule has 1 aliphatic heterocycles. The first-order valence-electron chi connectivity index (χ1n) is 13.6. The third-order valence-electron chi connectivity index (χ3n) is 6.41. The molecule has 0 aromatic heterocycles. The van der Waals surface area contributed by atoms with E-state index in [-0.39, 0.29) is 5.91 Å². The fourth-order valence-corrected chi connectivity index (χ4v) is 4.37. The number of nitrogens with zero attached hydrogens (tertiary/aromatic N) is 1. The number of hydrogen-bond acceptors (Lipinski definition) is 3. The van der Waals surface area contributed by atoms with Crippen molar-refractivity contribution in [1.29, 1.82) is 0 Å². The Bertz CT molecular complexity index is 369. The van der Waals surface area contributed by atoms with E-state index < -0.39 is 0 Å². The molecule has 0 atom stereocenters. The Balaban J connectivity index is 1.69. The van der Waals surface area contributed by atoms with Gasteiger partial charge in [0.2, 0.25) is 5.91 Å². The van der Waals surface area contributed by atoms with Crippen LogP contribution in [0.3, 0.4) is 0 Å². The first-order valence-corrected chi connectivity index (χ1v) is 13.6. The van der Waals surface area contributed by atoms with Crippen molar-refractivity contribution in [2.24, 2.45) is 0 Å². The Labute approximate surface area is 188 Å². The van der Waals surface area contributed by atoms with Gasteiger partial charge in [0.15, 0.2) is 0 Å². The Kier molecular flexibility index (Phi) is 19.8. The number of hydrogen-bond donors (Lipinski definition) is 2. The number of carbonyl (C=O) groups is 1. The van der Waals surface area contributed by atoms with E-state index in [1.54, 1.807) is 0 Å². The zero-order chi connectivity index (χ0) is 21.5. The largest absolute Gasteiger partial charge is 0.314 e. The van der Waals surface area contributed by atoms with E-state index in [1.807, 2.05) is 0 Å². The molecule has 1 saturated heterocycles. The topological polar surface area (TPSA) is 44.4 Å². The lowest BCUT2D eigenvalue weighted by Gasteiger charge is -2.27. The van der Waals surface area contributed by atoms with Gasteiger partial charge in [-0.05, 0) is 6.42 Å². The average Bonchev–Trinajstić information content (AvgIpc) is 2.76. The number of nitrogens with one attached hydrogen (secondary N) is 2. The summed E-state index contributed by atoms with van der Waals surface area (Å²) in [5, 5.41) is 5.35. The molecule has 1 aliphatic rings. The highest BCUT2D eigenvalue weighted by atomic mass is 16.2. The third-order valence-corrected chi connectivity index (χ3v) is 6.41. The van der Waals surface area contributed by atoms with Crippen molar-refractivity contribution in [3.8, 4) is 0 Å². The van der Waals surface area contributed by atoms with Gasteiger partial charge in [0.1, 0.15) is 0 Å². The van der Waals surface area contributed by atoms with Crippen molar-refractivity contribution in [2.75, 3.05) is 26.2 Å². The highest BCUT2D eigenvalue weighted by molar-refractivity contribution is 5.75. The lowest BCUT2D eigenvalue weighted by Crippen LogP contribution is -2.52. The van der Waals surface area contributed by atoms with Gasteiger partial charge in [-0.25, -0.2) is 5.01 Å². The van der Waals surface area contributed by atoms with Gasteiger partial charge in [-0.2, -0.15) is 0 Å². The molecule has 0 aliphatic carbocycles. The van der Waals surface area contributed by atoms with Crippen LogP contribution >= 0.6 is 0 Å². The summed E-state index contributed by atoms with van der Waals surface area (Å²) >= 11 is 0. The maximum atomic E-state index is 11.9. The van der Waals surface area contributed by atoms with Crippen LogP contribution in [0.2, 0.25) is 0 Å². The molecule has 1 heterocycles. The number of rotatable bonds is 21. The van der Waals surface area contributed by atoms with E-state index in [0.29, 0.717) is 6.42 Å². The maximum Gasteiger partial charge on any atom is 0.234 e. The van der Waals surface area contributed by atoms with Crippen LogP contribution < -0.4 is 10.7 Å². The Morgan fingerprint density at radius 2 is 1.00 bits per heavy atom. The second-order valence-corrected chi connectivity index (χ2v) is 9.39. The van der Waals surface area contributed by atoms with E-state index in [0.717, 1.165) is 32.6 Å². The SMILES string of the molecule is CCCCCCCCCCCCCCCCCCCCCC(=O)NN1CCNCC1. The Morgan fingerprint density at radius 1 is 0.633 bits per heavy atom. The fraction of sp³-hybridized carbons (Fsp3) is 0.962. The zero-order valence-electron chi connectivity index (χ0n) is 20.3. The molecule has 0 unspecified atom stereocenters. The van der Waals surface area contributed by atoms with Gasteiger partial charge in [-0.15, -0.1) is 0 Å². The van der Waals surface area contributed by atoms with E-state index >= 15 is 0 Å².